The molecule has 0 aromatic heterocycles. The average Bonchev–Trinajstić information content (AvgIpc) is 3.13. The number of nitrogens with two attached hydrogens (primary N) is 1. The second kappa shape index (κ2) is 40.8. The molecule has 0 aliphatic carbocycles. The molecule has 0 spiro atoms. The number of unbranched alkanes of at least 4 members (excludes halogenated alkanes) is 24. The SMILES string of the molecule is CCCCCCCCCCCC(CC(=O)NOC(CO)CC(=O)CC(CCCCCCCCCCC)OCCCCCCCCCCCI)ON. The largest absolute Gasteiger partial charge is 0.394 e. The first kappa shape index (κ1) is 50.7. The topological polar surface area (TPSA) is 120 Å². The van der Waals surface area contributed by atoms with Gasteiger partial charge in [0.15, 0.2) is 0 Å². The van der Waals surface area contributed by atoms with E-state index in [0.29, 0.717) is 19.4 Å². The Bertz CT molecular complexity index is 746. The van der Waals surface area contributed by atoms with Gasteiger partial charge in [0.2, 0.25) is 5.91 Å². The third-order valence-corrected chi connectivity index (χ3v) is 10.7. The van der Waals surface area contributed by atoms with Gasteiger partial charge in [0.25, 0.3) is 0 Å². The zero-order chi connectivity index (χ0) is 37.5. The number of rotatable bonds is 42. The van der Waals surface area contributed by atoms with Crippen LogP contribution in [0.25, 0.3) is 0 Å². The molecule has 3 atom stereocenters. The number of halogens is 1. The van der Waals surface area contributed by atoms with Gasteiger partial charge in [0.1, 0.15) is 11.9 Å². The van der Waals surface area contributed by atoms with Crippen molar-refractivity contribution in [3.63, 3.8) is 0 Å². The van der Waals surface area contributed by atoms with Gasteiger partial charge in [-0.25, -0.2) is 11.4 Å². The molecular weight excluding hydrogens is 755 g/mol. The summed E-state index contributed by atoms with van der Waals surface area (Å²) in [5.41, 5.74) is 2.42. The molecule has 4 N–H and O–H groups in total. The number of Topliss-reactive ketones (excluding diaryl/α,β-unsaturated/α-hetero) is 1. The molecule has 0 heterocycles. The van der Waals surface area contributed by atoms with Crippen molar-refractivity contribution in [1.29, 1.82) is 0 Å². The van der Waals surface area contributed by atoms with Gasteiger partial charge in [0, 0.05) is 19.4 Å². The van der Waals surface area contributed by atoms with Crippen LogP contribution >= 0.6 is 22.6 Å². The molecule has 0 fully saturated rings. The van der Waals surface area contributed by atoms with Gasteiger partial charge in [0.05, 0.1) is 25.2 Å². The van der Waals surface area contributed by atoms with E-state index in [-0.39, 0.29) is 43.3 Å². The molecule has 9 heteroatoms. The molecule has 0 bridgehead atoms. The normalized spacial score (nSPS) is 13.4. The van der Waals surface area contributed by atoms with E-state index < -0.39 is 6.10 Å². The number of ether oxygens (including phenoxy) is 1. The van der Waals surface area contributed by atoms with Crippen molar-refractivity contribution in [1.82, 2.24) is 5.48 Å². The van der Waals surface area contributed by atoms with Crippen molar-refractivity contribution >= 4 is 34.3 Å². The summed E-state index contributed by atoms with van der Waals surface area (Å²) in [6.45, 7) is 4.82. The lowest BCUT2D eigenvalue weighted by Gasteiger charge is -2.20. The second-order valence-corrected chi connectivity index (χ2v) is 16.0. The van der Waals surface area contributed by atoms with E-state index in [4.69, 9.17) is 20.3 Å². The minimum Gasteiger partial charge on any atom is -0.394 e. The highest BCUT2D eigenvalue weighted by Gasteiger charge is 2.21. The number of aliphatic hydroxyl groups excluding tert-OH is 1. The zero-order valence-electron chi connectivity index (χ0n) is 33.4. The van der Waals surface area contributed by atoms with E-state index in [1.54, 1.807) is 0 Å². The predicted octanol–water partition coefficient (Wildman–Crippen LogP) is 11.6. The monoisotopic (exact) mass is 839 g/mol. The van der Waals surface area contributed by atoms with Gasteiger partial charge in [-0.3, -0.25) is 14.4 Å². The highest BCUT2D eigenvalue weighted by molar-refractivity contribution is 14.1. The number of alkyl halides is 1. The van der Waals surface area contributed by atoms with Crippen LogP contribution in [-0.4, -0.2) is 52.8 Å². The van der Waals surface area contributed by atoms with Crippen molar-refractivity contribution in [3.8, 4) is 0 Å². The van der Waals surface area contributed by atoms with Crippen molar-refractivity contribution in [2.45, 2.75) is 238 Å². The molecular formula is C42H83IN2O6. The predicted molar refractivity (Wildman–Crippen MR) is 222 cm³/mol. The summed E-state index contributed by atoms with van der Waals surface area (Å²) < 4.78 is 7.55. The second-order valence-electron chi connectivity index (χ2n) is 15.0. The summed E-state index contributed by atoms with van der Waals surface area (Å²) in [5.74, 6) is 5.10. The van der Waals surface area contributed by atoms with Crippen LogP contribution in [-0.2, 0) is 24.0 Å². The molecule has 0 aliphatic rings. The van der Waals surface area contributed by atoms with Crippen molar-refractivity contribution in [2.75, 3.05) is 17.6 Å². The first-order valence-corrected chi connectivity index (χ1v) is 23.1. The quantitative estimate of drug-likeness (QED) is 0.0242. The molecule has 1 amide bonds. The van der Waals surface area contributed by atoms with Gasteiger partial charge < -0.3 is 14.7 Å². The number of carbonyl (C=O) groups is 2. The van der Waals surface area contributed by atoms with E-state index in [0.717, 1.165) is 32.1 Å². The number of ketones is 1. The Kier molecular flexibility index (Phi) is 40.6. The van der Waals surface area contributed by atoms with Crippen molar-refractivity contribution in [3.05, 3.63) is 0 Å². The number of hydrogen-bond acceptors (Lipinski definition) is 7. The average molecular weight is 839 g/mol. The number of carbonyl (C=O) groups excluding carboxylic acids is 2. The summed E-state index contributed by atoms with van der Waals surface area (Å²) in [6.07, 6.45) is 34.6. The van der Waals surface area contributed by atoms with Crippen LogP contribution < -0.4 is 11.4 Å². The molecule has 0 radical (unpaired) electrons. The Morgan fingerprint density at radius 1 is 0.569 bits per heavy atom. The van der Waals surface area contributed by atoms with E-state index in [1.807, 2.05) is 0 Å². The van der Waals surface area contributed by atoms with Gasteiger partial charge in [-0.15, -0.1) is 0 Å². The highest BCUT2D eigenvalue weighted by atomic mass is 127. The van der Waals surface area contributed by atoms with Crippen LogP contribution in [0.4, 0.5) is 0 Å². The van der Waals surface area contributed by atoms with Crippen LogP contribution in [0.1, 0.15) is 219 Å². The highest BCUT2D eigenvalue weighted by Crippen LogP contribution is 2.18. The number of hydrogen-bond donors (Lipinski definition) is 3. The summed E-state index contributed by atoms with van der Waals surface area (Å²) in [4.78, 5) is 36.2. The van der Waals surface area contributed by atoms with Gasteiger partial charge in [-0.05, 0) is 30.1 Å². The van der Waals surface area contributed by atoms with E-state index in [9.17, 15) is 14.7 Å². The maximum Gasteiger partial charge on any atom is 0.246 e. The fourth-order valence-electron chi connectivity index (χ4n) is 6.64. The van der Waals surface area contributed by atoms with Crippen molar-refractivity contribution in [2.24, 2.45) is 5.90 Å². The Labute approximate surface area is 328 Å². The lowest BCUT2D eigenvalue weighted by molar-refractivity contribution is -0.147. The van der Waals surface area contributed by atoms with Crippen LogP contribution in [0.15, 0.2) is 0 Å². The third-order valence-electron chi connectivity index (χ3n) is 9.95. The summed E-state index contributed by atoms with van der Waals surface area (Å²) in [7, 11) is 0. The fraction of sp³-hybridized carbons (Fsp3) is 0.952. The number of hydroxylamine groups is 1. The first-order valence-electron chi connectivity index (χ1n) is 21.6. The molecule has 0 rings (SSSR count). The Balaban J connectivity index is 4.51. The maximum absolute atomic E-state index is 13.1. The molecule has 0 aromatic carbocycles. The van der Waals surface area contributed by atoms with Crippen LogP contribution in [0, 0.1) is 0 Å². The molecule has 0 aliphatic heterocycles. The van der Waals surface area contributed by atoms with Crippen LogP contribution in [0.2, 0.25) is 0 Å². The third kappa shape index (κ3) is 36.4. The van der Waals surface area contributed by atoms with Crippen molar-refractivity contribution < 1.29 is 29.1 Å². The number of amides is 1. The van der Waals surface area contributed by atoms with E-state index in [1.165, 1.54) is 152 Å². The lowest BCUT2D eigenvalue weighted by atomic mass is 10.0. The van der Waals surface area contributed by atoms with Crippen LogP contribution in [0.5, 0.6) is 0 Å². The van der Waals surface area contributed by atoms with Gasteiger partial charge in [-0.1, -0.05) is 197 Å². The molecule has 8 nitrogen and oxygen atoms in total. The molecule has 0 saturated carbocycles. The minimum atomic E-state index is -0.800. The number of aliphatic hydroxyl groups is 1. The summed E-state index contributed by atoms with van der Waals surface area (Å²) >= 11 is 2.46. The smallest absolute Gasteiger partial charge is 0.246 e. The summed E-state index contributed by atoms with van der Waals surface area (Å²) in [6, 6.07) is 0. The molecule has 304 valence electrons. The maximum atomic E-state index is 13.1. The Hall–Kier alpha value is -0.330. The molecule has 51 heavy (non-hydrogen) atoms. The Morgan fingerprint density at radius 2 is 0.980 bits per heavy atom. The van der Waals surface area contributed by atoms with Gasteiger partial charge in [-0.2, -0.15) is 0 Å². The Morgan fingerprint density at radius 3 is 1.43 bits per heavy atom. The molecule has 0 aromatic rings. The van der Waals surface area contributed by atoms with Gasteiger partial charge >= 0.3 is 0 Å². The molecule has 0 saturated heterocycles. The standard InChI is InChI=1S/C42H83IN2O6/c1-3-5-7-9-11-14-18-22-26-30-39(49-33-29-25-21-17-13-16-20-24-28-32-43)34-38(47)35-41(37-46)51-45-42(48)36-40(50-44)31-27-23-19-15-12-10-8-6-4-2/h39-41,46H,3-37,44H2,1-2H3,(H,45,48). The van der Waals surface area contributed by atoms with Crippen LogP contribution in [0.3, 0.4) is 0 Å². The van der Waals surface area contributed by atoms with E-state index >= 15 is 0 Å². The molecule has 3 unspecified atom stereocenters. The first-order chi connectivity index (χ1) is 25.0. The zero-order valence-corrected chi connectivity index (χ0v) is 35.6. The van der Waals surface area contributed by atoms with E-state index in [2.05, 4.69) is 41.9 Å². The summed E-state index contributed by atoms with van der Waals surface area (Å²) in [5, 5.41) is 9.90. The fourth-order valence-corrected chi connectivity index (χ4v) is 7.18. The lowest BCUT2D eigenvalue weighted by Crippen LogP contribution is -2.36. The number of nitrogens with one attached hydrogen (secondary N) is 1. The minimum absolute atomic E-state index is 0.0136.